The molecular formula is C9H14BrN3O2S. The molecule has 1 heterocycles. The van der Waals surface area contributed by atoms with Crippen LogP contribution in [0.5, 0.6) is 0 Å². The molecule has 1 rings (SSSR count). The van der Waals surface area contributed by atoms with Gasteiger partial charge in [-0.05, 0) is 41.4 Å². The van der Waals surface area contributed by atoms with E-state index in [1.807, 2.05) is 6.92 Å². The normalized spacial score (nSPS) is 11.4. The van der Waals surface area contributed by atoms with Gasteiger partial charge in [-0.25, -0.2) is 4.98 Å². The highest BCUT2D eigenvalue weighted by molar-refractivity contribution is 9.10. The molecule has 0 fully saturated rings. The van der Waals surface area contributed by atoms with Crippen molar-refractivity contribution >= 4 is 31.8 Å². The number of halogens is 1. The molecule has 0 aliphatic rings. The molecule has 0 aliphatic carbocycles. The maximum Gasteiger partial charge on any atom is 0.299 e. The molecule has 7 heteroatoms. The van der Waals surface area contributed by atoms with E-state index in [1.54, 1.807) is 19.1 Å². The average Bonchev–Trinajstić information content (AvgIpc) is 2.19. The third-order valence-electron chi connectivity index (χ3n) is 1.84. The van der Waals surface area contributed by atoms with Crippen LogP contribution < -0.4 is 9.44 Å². The predicted octanol–water partition coefficient (Wildman–Crippen LogP) is 1.81. The van der Waals surface area contributed by atoms with Gasteiger partial charge in [0.25, 0.3) is 10.2 Å². The third-order valence-corrected chi connectivity index (χ3v) is 3.35. The number of nitrogens with one attached hydrogen (secondary N) is 2. The lowest BCUT2D eigenvalue weighted by Gasteiger charge is -2.10. The number of hydrogen-bond acceptors (Lipinski definition) is 3. The Morgan fingerprint density at radius 2 is 2.12 bits per heavy atom. The first-order valence-corrected chi connectivity index (χ1v) is 7.13. The van der Waals surface area contributed by atoms with Gasteiger partial charge in [0.15, 0.2) is 0 Å². The maximum absolute atomic E-state index is 11.5. The van der Waals surface area contributed by atoms with Gasteiger partial charge in [0.05, 0.1) is 11.4 Å². The SMILES string of the molecule is CCCNS(=O)(=O)Nc1ccc(Br)nc1C. The van der Waals surface area contributed by atoms with Crippen LogP contribution in [0, 0.1) is 6.92 Å². The van der Waals surface area contributed by atoms with Crippen molar-refractivity contribution in [1.29, 1.82) is 0 Å². The molecule has 5 nitrogen and oxygen atoms in total. The van der Waals surface area contributed by atoms with E-state index in [0.29, 0.717) is 22.5 Å². The van der Waals surface area contributed by atoms with Crippen molar-refractivity contribution in [3.05, 3.63) is 22.4 Å². The minimum absolute atomic E-state index is 0.415. The van der Waals surface area contributed by atoms with Crippen LogP contribution in [0.15, 0.2) is 16.7 Å². The van der Waals surface area contributed by atoms with Crippen LogP contribution in [0.1, 0.15) is 19.0 Å². The van der Waals surface area contributed by atoms with Gasteiger partial charge in [-0.15, -0.1) is 0 Å². The van der Waals surface area contributed by atoms with E-state index in [1.165, 1.54) is 0 Å². The van der Waals surface area contributed by atoms with Gasteiger partial charge in [-0.2, -0.15) is 13.1 Å². The second-order valence-electron chi connectivity index (χ2n) is 3.27. The Kier molecular flexibility index (Phi) is 4.69. The van der Waals surface area contributed by atoms with Crippen molar-refractivity contribution < 1.29 is 8.42 Å². The molecule has 0 atom stereocenters. The van der Waals surface area contributed by atoms with Crippen molar-refractivity contribution in [2.75, 3.05) is 11.3 Å². The average molecular weight is 308 g/mol. The summed E-state index contributed by atoms with van der Waals surface area (Å²) in [6.45, 7) is 4.05. The molecule has 1 aromatic rings. The van der Waals surface area contributed by atoms with E-state index < -0.39 is 10.2 Å². The summed E-state index contributed by atoms with van der Waals surface area (Å²) in [5, 5.41) is 0. The Morgan fingerprint density at radius 1 is 1.44 bits per heavy atom. The van der Waals surface area contributed by atoms with E-state index >= 15 is 0 Å². The molecule has 0 saturated carbocycles. The maximum atomic E-state index is 11.5. The highest BCUT2D eigenvalue weighted by atomic mass is 79.9. The number of nitrogens with zero attached hydrogens (tertiary/aromatic N) is 1. The molecule has 2 N–H and O–H groups in total. The Balaban J connectivity index is 2.80. The molecule has 0 aromatic carbocycles. The van der Waals surface area contributed by atoms with E-state index in [4.69, 9.17) is 0 Å². The highest BCUT2D eigenvalue weighted by Crippen LogP contribution is 2.16. The molecular weight excluding hydrogens is 294 g/mol. The summed E-state index contributed by atoms with van der Waals surface area (Å²) in [4.78, 5) is 4.10. The first kappa shape index (κ1) is 13.4. The summed E-state index contributed by atoms with van der Waals surface area (Å²) in [6.07, 6.45) is 0.748. The van der Waals surface area contributed by atoms with E-state index in [0.717, 1.165) is 6.42 Å². The summed E-state index contributed by atoms with van der Waals surface area (Å²) in [5.74, 6) is 0. The fourth-order valence-corrected chi connectivity index (χ4v) is 2.50. The lowest BCUT2D eigenvalue weighted by atomic mass is 10.3. The van der Waals surface area contributed by atoms with Crippen molar-refractivity contribution in [2.45, 2.75) is 20.3 Å². The van der Waals surface area contributed by atoms with Crippen LogP contribution in [-0.4, -0.2) is 19.9 Å². The van der Waals surface area contributed by atoms with Crippen LogP contribution in [0.3, 0.4) is 0 Å². The number of anilines is 1. The molecule has 0 aliphatic heterocycles. The van der Waals surface area contributed by atoms with Crippen LogP contribution in [-0.2, 0) is 10.2 Å². The lowest BCUT2D eigenvalue weighted by molar-refractivity contribution is 0.586. The van der Waals surface area contributed by atoms with Crippen molar-refractivity contribution in [3.8, 4) is 0 Å². The standard InChI is InChI=1S/C9H14BrN3O2S/c1-3-6-11-16(14,15)13-8-4-5-9(10)12-7(8)2/h4-5,11,13H,3,6H2,1-2H3. The molecule has 90 valence electrons. The number of pyridine rings is 1. The van der Waals surface area contributed by atoms with Crippen molar-refractivity contribution in [2.24, 2.45) is 0 Å². The predicted molar refractivity (Wildman–Crippen MR) is 67.5 cm³/mol. The molecule has 0 saturated heterocycles. The zero-order valence-electron chi connectivity index (χ0n) is 9.12. The van der Waals surface area contributed by atoms with Gasteiger partial charge in [0, 0.05) is 6.54 Å². The second-order valence-corrected chi connectivity index (χ2v) is 5.58. The molecule has 0 unspecified atom stereocenters. The molecule has 16 heavy (non-hydrogen) atoms. The summed E-state index contributed by atoms with van der Waals surface area (Å²) in [7, 11) is -3.49. The first-order chi connectivity index (χ1) is 7.44. The van der Waals surface area contributed by atoms with Crippen LogP contribution in [0.4, 0.5) is 5.69 Å². The van der Waals surface area contributed by atoms with Crippen molar-refractivity contribution in [1.82, 2.24) is 9.71 Å². The third kappa shape index (κ3) is 4.07. The van der Waals surface area contributed by atoms with Gasteiger partial charge in [-0.1, -0.05) is 6.92 Å². The van der Waals surface area contributed by atoms with E-state index in [-0.39, 0.29) is 0 Å². The van der Waals surface area contributed by atoms with E-state index in [9.17, 15) is 8.42 Å². The van der Waals surface area contributed by atoms with Gasteiger partial charge in [-0.3, -0.25) is 4.72 Å². The fourth-order valence-electron chi connectivity index (χ4n) is 1.06. The Bertz CT molecular complexity index is 462. The second kappa shape index (κ2) is 5.60. The fraction of sp³-hybridized carbons (Fsp3) is 0.444. The number of aromatic nitrogens is 1. The summed E-state index contributed by atoms with van der Waals surface area (Å²) < 4.78 is 28.6. The monoisotopic (exact) mass is 307 g/mol. The van der Waals surface area contributed by atoms with Crippen LogP contribution in [0.2, 0.25) is 0 Å². The number of hydrogen-bond donors (Lipinski definition) is 2. The molecule has 0 radical (unpaired) electrons. The zero-order chi connectivity index (χ0) is 12.2. The summed E-state index contributed by atoms with van der Waals surface area (Å²) in [5.41, 5.74) is 1.10. The molecule has 0 spiro atoms. The lowest BCUT2D eigenvalue weighted by Crippen LogP contribution is -2.31. The smallest absolute Gasteiger partial charge is 0.269 e. The van der Waals surface area contributed by atoms with Gasteiger partial charge < -0.3 is 0 Å². The van der Waals surface area contributed by atoms with Gasteiger partial charge in [0.1, 0.15) is 4.60 Å². The topological polar surface area (TPSA) is 71.1 Å². The first-order valence-electron chi connectivity index (χ1n) is 4.85. The highest BCUT2D eigenvalue weighted by Gasteiger charge is 2.10. The molecule has 0 bridgehead atoms. The van der Waals surface area contributed by atoms with Crippen LogP contribution >= 0.6 is 15.9 Å². The van der Waals surface area contributed by atoms with Gasteiger partial charge >= 0.3 is 0 Å². The minimum atomic E-state index is -3.49. The summed E-state index contributed by atoms with van der Waals surface area (Å²) in [6, 6.07) is 3.35. The Labute approximate surface area is 104 Å². The largest absolute Gasteiger partial charge is 0.299 e. The minimum Gasteiger partial charge on any atom is -0.269 e. The summed E-state index contributed by atoms with van der Waals surface area (Å²) >= 11 is 3.21. The number of aryl methyl sites for hydroxylation is 1. The quantitative estimate of drug-likeness (QED) is 0.815. The molecule has 0 amide bonds. The van der Waals surface area contributed by atoms with Crippen LogP contribution in [0.25, 0.3) is 0 Å². The Hall–Kier alpha value is -0.660. The van der Waals surface area contributed by atoms with Gasteiger partial charge in [0.2, 0.25) is 0 Å². The zero-order valence-corrected chi connectivity index (χ0v) is 11.5. The molecule has 1 aromatic heterocycles. The van der Waals surface area contributed by atoms with Crippen molar-refractivity contribution in [3.63, 3.8) is 0 Å². The Morgan fingerprint density at radius 3 is 2.69 bits per heavy atom. The van der Waals surface area contributed by atoms with E-state index in [2.05, 4.69) is 30.4 Å². The number of rotatable bonds is 5.